The van der Waals surface area contributed by atoms with Crippen LogP contribution in [0.15, 0.2) is 59.0 Å². The summed E-state index contributed by atoms with van der Waals surface area (Å²) in [5.41, 5.74) is 0.928. The van der Waals surface area contributed by atoms with Gasteiger partial charge >= 0.3 is 5.97 Å². The van der Waals surface area contributed by atoms with E-state index >= 15 is 0 Å². The average molecular weight is 370 g/mol. The zero-order valence-electron chi connectivity index (χ0n) is 14.0. The van der Waals surface area contributed by atoms with Crippen molar-refractivity contribution in [2.75, 3.05) is 12.4 Å². The maximum Gasteiger partial charge on any atom is 0.335 e. The van der Waals surface area contributed by atoms with Crippen LogP contribution in [0.2, 0.25) is 0 Å². The molecule has 0 radical (unpaired) electrons. The Morgan fingerprint density at radius 2 is 1.85 bits per heavy atom. The van der Waals surface area contributed by atoms with Gasteiger partial charge in [-0.1, -0.05) is 18.2 Å². The van der Waals surface area contributed by atoms with Crippen molar-refractivity contribution in [1.29, 1.82) is 0 Å². The fourth-order valence-corrected chi connectivity index (χ4v) is 2.97. The summed E-state index contributed by atoms with van der Waals surface area (Å²) < 4.78 is 11.3. The molecule has 0 aliphatic carbocycles. The lowest BCUT2D eigenvalue weighted by atomic mass is 10.1. The molecule has 0 aliphatic rings. The molecule has 26 heavy (non-hydrogen) atoms. The molecule has 3 aromatic rings. The van der Waals surface area contributed by atoms with Crippen molar-refractivity contribution in [3.8, 4) is 17.2 Å². The smallest absolute Gasteiger partial charge is 0.335 e. The first kappa shape index (κ1) is 18.0. The van der Waals surface area contributed by atoms with Gasteiger partial charge < -0.3 is 14.3 Å². The topological polar surface area (TPSA) is 85.5 Å². The highest BCUT2D eigenvalue weighted by atomic mass is 32.2. The van der Waals surface area contributed by atoms with E-state index in [4.69, 9.17) is 14.3 Å². The molecule has 0 amide bonds. The van der Waals surface area contributed by atoms with Crippen molar-refractivity contribution in [2.45, 2.75) is 12.2 Å². The number of hydrogen-bond acceptors (Lipinski definition) is 6. The molecule has 6 nitrogen and oxygen atoms in total. The van der Waals surface area contributed by atoms with Crippen LogP contribution in [0.5, 0.6) is 5.75 Å². The molecular weight excluding hydrogens is 352 g/mol. The van der Waals surface area contributed by atoms with E-state index in [1.54, 1.807) is 23.9 Å². The first-order chi connectivity index (χ1) is 12.7. The second kappa shape index (κ2) is 9.05. The average Bonchev–Trinajstić information content (AvgIpc) is 3.14. The molecular formula is C19H18N2O4S. The van der Waals surface area contributed by atoms with E-state index in [2.05, 4.69) is 10.2 Å². The maximum absolute atomic E-state index is 10.9. The van der Waals surface area contributed by atoms with Gasteiger partial charge in [0.1, 0.15) is 5.75 Å². The number of aromatic carboxylic acids is 1. The monoisotopic (exact) mass is 370 g/mol. The third-order valence-electron chi connectivity index (χ3n) is 3.52. The van der Waals surface area contributed by atoms with E-state index < -0.39 is 5.97 Å². The Bertz CT molecular complexity index is 834. The second-order valence-electron chi connectivity index (χ2n) is 5.45. The number of rotatable bonds is 9. The Hall–Kier alpha value is -2.80. The van der Waals surface area contributed by atoms with Crippen molar-refractivity contribution in [3.63, 3.8) is 0 Å². The van der Waals surface area contributed by atoms with Crippen molar-refractivity contribution >= 4 is 17.7 Å². The number of carbonyl (C=O) groups is 1. The van der Waals surface area contributed by atoms with Crippen LogP contribution in [0.1, 0.15) is 22.7 Å². The summed E-state index contributed by atoms with van der Waals surface area (Å²) in [6.07, 6.45) is 0.928. The van der Waals surface area contributed by atoms with E-state index in [-0.39, 0.29) is 5.56 Å². The third-order valence-corrected chi connectivity index (χ3v) is 4.54. The van der Waals surface area contributed by atoms with Gasteiger partial charge in [0.15, 0.2) is 0 Å². The maximum atomic E-state index is 10.9. The number of carboxylic acids is 1. The van der Waals surface area contributed by atoms with Gasteiger partial charge in [0, 0.05) is 5.56 Å². The van der Waals surface area contributed by atoms with Crippen molar-refractivity contribution in [3.05, 3.63) is 66.1 Å². The first-order valence-corrected chi connectivity index (χ1v) is 9.29. The van der Waals surface area contributed by atoms with Crippen LogP contribution in [0.25, 0.3) is 11.5 Å². The predicted octanol–water partition coefficient (Wildman–Crippen LogP) is 4.14. The minimum absolute atomic E-state index is 0.224. The molecule has 0 saturated carbocycles. The number of ether oxygens (including phenoxy) is 1. The van der Waals surface area contributed by atoms with Gasteiger partial charge in [0.2, 0.25) is 11.8 Å². The highest BCUT2D eigenvalue weighted by Crippen LogP contribution is 2.21. The van der Waals surface area contributed by atoms with Crippen LogP contribution in [0.4, 0.5) is 0 Å². The largest absolute Gasteiger partial charge is 0.494 e. The lowest BCUT2D eigenvalue weighted by Crippen LogP contribution is -1.98. The van der Waals surface area contributed by atoms with Crippen LogP contribution in [0, 0.1) is 0 Å². The molecule has 1 heterocycles. The highest BCUT2D eigenvalue weighted by molar-refractivity contribution is 7.98. The molecule has 0 spiro atoms. The minimum atomic E-state index is -0.963. The van der Waals surface area contributed by atoms with Crippen LogP contribution < -0.4 is 4.74 Å². The van der Waals surface area contributed by atoms with E-state index in [1.165, 1.54) is 12.1 Å². The molecule has 3 rings (SSSR count). The van der Waals surface area contributed by atoms with Gasteiger partial charge in [-0.15, -0.1) is 10.2 Å². The van der Waals surface area contributed by atoms with Crippen LogP contribution in [0.3, 0.4) is 0 Å². The van der Waals surface area contributed by atoms with Gasteiger partial charge in [-0.25, -0.2) is 4.79 Å². The molecule has 2 aromatic carbocycles. The SMILES string of the molecule is O=C(O)c1ccc(-c2nnc(CSCCCOc3ccccc3)o2)cc1. The van der Waals surface area contributed by atoms with Crippen molar-refractivity contribution < 1.29 is 19.1 Å². The van der Waals surface area contributed by atoms with Gasteiger partial charge in [-0.2, -0.15) is 11.8 Å². The molecule has 0 bridgehead atoms. The zero-order chi connectivity index (χ0) is 18.2. The first-order valence-electron chi connectivity index (χ1n) is 8.14. The lowest BCUT2D eigenvalue weighted by Gasteiger charge is -2.04. The molecule has 0 aliphatic heterocycles. The third kappa shape index (κ3) is 5.10. The standard InChI is InChI=1S/C19H18N2O4S/c22-19(23)15-9-7-14(8-10-15)18-21-20-17(25-18)13-26-12-4-11-24-16-5-2-1-3-6-16/h1-3,5-10H,4,11-13H2,(H,22,23). The Labute approximate surface area is 155 Å². The number of thioether (sulfide) groups is 1. The normalized spacial score (nSPS) is 10.6. The molecule has 7 heteroatoms. The Balaban J connectivity index is 1.40. The Morgan fingerprint density at radius 3 is 2.58 bits per heavy atom. The summed E-state index contributed by atoms with van der Waals surface area (Å²) >= 11 is 1.70. The van der Waals surface area contributed by atoms with Gasteiger partial charge in [-0.3, -0.25) is 0 Å². The Morgan fingerprint density at radius 1 is 1.08 bits per heavy atom. The quantitative estimate of drug-likeness (QED) is 0.567. The van der Waals surface area contributed by atoms with E-state index in [1.807, 2.05) is 30.3 Å². The molecule has 0 atom stereocenters. The Kier molecular flexibility index (Phi) is 6.27. The summed E-state index contributed by atoms with van der Waals surface area (Å²) in [6, 6.07) is 16.1. The number of benzene rings is 2. The van der Waals surface area contributed by atoms with Gasteiger partial charge in [-0.05, 0) is 48.6 Å². The van der Waals surface area contributed by atoms with E-state index in [0.29, 0.717) is 29.7 Å². The zero-order valence-corrected chi connectivity index (χ0v) is 14.8. The highest BCUT2D eigenvalue weighted by Gasteiger charge is 2.10. The summed E-state index contributed by atoms with van der Waals surface area (Å²) in [7, 11) is 0. The molecule has 0 saturated heterocycles. The fourth-order valence-electron chi connectivity index (χ4n) is 2.21. The van der Waals surface area contributed by atoms with Gasteiger partial charge in [0.05, 0.1) is 17.9 Å². The summed E-state index contributed by atoms with van der Waals surface area (Å²) in [6.45, 7) is 0.669. The summed E-state index contributed by atoms with van der Waals surface area (Å²) in [5, 5.41) is 17.0. The molecule has 0 unspecified atom stereocenters. The lowest BCUT2D eigenvalue weighted by molar-refractivity contribution is 0.0697. The number of carboxylic acid groups (broad SMARTS) is 1. The van der Waals surface area contributed by atoms with Crippen LogP contribution >= 0.6 is 11.8 Å². The summed E-state index contributed by atoms with van der Waals surface area (Å²) in [4.78, 5) is 10.9. The van der Waals surface area contributed by atoms with Gasteiger partial charge in [0.25, 0.3) is 0 Å². The van der Waals surface area contributed by atoms with Crippen molar-refractivity contribution in [2.24, 2.45) is 0 Å². The molecule has 0 fully saturated rings. The van der Waals surface area contributed by atoms with Crippen molar-refractivity contribution in [1.82, 2.24) is 10.2 Å². The fraction of sp³-hybridized carbons (Fsp3) is 0.211. The number of nitrogens with zero attached hydrogens (tertiary/aromatic N) is 2. The van der Waals surface area contributed by atoms with E-state index in [9.17, 15) is 4.79 Å². The number of hydrogen-bond donors (Lipinski definition) is 1. The molecule has 134 valence electrons. The van der Waals surface area contributed by atoms with E-state index in [0.717, 1.165) is 17.9 Å². The second-order valence-corrected chi connectivity index (χ2v) is 6.56. The number of aromatic nitrogens is 2. The van der Waals surface area contributed by atoms with Crippen LogP contribution in [-0.4, -0.2) is 33.6 Å². The minimum Gasteiger partial charge on any atom is -0.494 e. The summed E-state index contributed by atoms with van der Waals surface area (Å²) in [5.74, 6) is 2.42. The van der Waals surface area contributed by atoms with Crippen LogP contribution in [-0.2, 0) is 5.75 Å². The number of para-hydroxylation sites is 1. The molecule has 1 aromatic heterocycles. The predicted molar refractivity (Wildman–Crippen MR) is 99.4 cm³/mol. The molecule has 1 N–H and O–H groups in total.